The number of hydrogen-bond donors (Lipinski definition) is 2. The summed E-state index contributed by atoms with van der Waals surface area (Å²) in [5.74, 6) is -1.15. The van der Waals surface area contributed by atoms with Crippen LogP contribution in [0, 0.1) is 18.6 Å². The number of rotatable bonds is 4. The molecule has 3 rings (SSSR count). The van der Waals surface area contributed by atoms with Crippen LogP contribution in [0.15, 0.2) is 53.3 Å². The lowest BCUT2D eigenvalue weighted by molar-refractivity contribution is 0.603. The molecule has 1 aromatic heterocycles. The molecule has 0 amide bonds. The van der Waals surface area contributed by atoms with Crippen molar-refractivity contribution >= 4 is 11.6 Å². The Bertz CT molecular complexity index is 923. The highest BCUT2D eigenvalue weighted by Gasteiger charge is 2.11. The number of H-pyrrole nitrogens is 1. The van der Waals surface area contributed by atoms with Crippen molar-refractivity contribution in [1.82, 2.24) is 9.97 Å². The molecule has 0 bridgehead atoms. The molecule has 24 heavy (non-hydrogen) atoms. The Morgan fingerprint density at radius 1 is 1.12 bits per heavy atom. The number of hydrogen-bond acceptors (Lipinski definition) is 3. The maximum absolute atomic E-state index is 13.7. The van der Waals surface area contributed by atoms with Gasteiger partial charge in [-0.3, -0.25) is 9.78 Å². The second-order valence-corrected chi connectivity index (χ2v) is 5.39. The zero-order valence-corrected chi connectivity index (χ0v) is 12.9. The topological polar surface area (TPSA) is 57.8 Å². The summed E-state index contributed by atoms with van der Waals surface area (Å²) in [5.41, 5.74) is 1.65. The number of halogens is 2. The first-order valence-corrected chi connectivity index (χ1v) is 7.39. The van der Waals surface area contributed by atoms with Crippen LogP contribution in [-0.4, -0.2) is 9.97 Å². The highest BCUT2D eigenvalue weighted by atomic mass is 19.1. The smallest absolute Gasteiger partial charge is 0.256 e. The largest absolute Gasteiger partial charge is 0.323 e. The summed E-state index contributed by atoms with van der Waals surface area (Å²) in [6.45, 7) is 1.71. The molecule has 0 atom stereocenters. The van der Waals surface area contributed by atoms with Crippen LogP contribution in [0.2, 0.25) is 0 Å². The van der Waals surface area contributed by atoms with Crippen LogP contribution in [0.3, 0.4) is 0 Å². The number of nitrogens with one attached hydrogen (secondary N) is 2. The predicted octanol–water partition coefficient (Wildman–Crippen LogP) is 3.69. The van der Waals surface area contributed by atoms with E-state index in [-0.39, 0.29) is 17.2 Å². The summed E-state index contributed by atoms with van der Waals surface area (Å²) in [4.78, 5) is 19.1. The number of anilines is 2. The molecular formula is C18H15F2N3O. The molecule has 0 saturated heterocycles. The van der Waals surface area contributed by atoms with E-state index >= 15 is 0 Å². The zero-order chi connectivity index (χ0) is 17.1. The van der Waals surface area contributed by atoms with Crippen molar-refractivity contribution in [3.05, 3.63) is 87.3 Å². The first-order chi connectivity index (χ1) is 11.5. The third-order valence-corrected chi connectivity index (χ3v) is 3.63. The van der Waals surface area contributed by atoms with E-state index in [9.17, 15) is 13.6 Å². The van der Waals surface area contributed by atoms with Gasteiger partial charge in [-0.15, -0.1) is 0 Å². The zero-order valence-electron chi connectivity index (χ0n) is 12.9. The Hall–Kier alpha value is -3.02. The minimum absolute atomic E-state index is 0.0683. The minimum atomic E-state index is -0.634. The monoisotopic (exact) mass is 327 g/mol. The van der Waals surface area contributed by atoms with Gasteiger partial charge in [0.1, 0.15) is 11.6 Å². The molecule has 122 valence electrons. The SMILES string of the molecule is Cc1nc(Nc2cc(F)ccc2F)[nH]c(=O)c1Cc1ccccc1. The average Bonchev–Trinajstić information content (AvgIpc) is 2.55. The van der Waals surface area contributed by atoms with Gasteiger partial charge >= 0.3 is 0 Å². The molecular weight excluding hydrogens is 312 g/mol. The first-order valence-electron chi connectivity index (χ1n) is 7.39. The lowest BCUT2D eigenvalue weighted by atomic mass is 10.1. The van der Waals surface area contributed by atoms with Crippen molar-refractivity contribution in [2.75, 3.05) is 5.32 Å². The molecule has 0 aliphatic carbocycles. The van der Waals surface area contributed by atoms with Crippen molar-refractivity contribution < 1.29 is 8.78 Å². The summed E-state index contributed by atoms with van der Waals surface area (Å²) in [6, 6.07) is 12.6. The van der Waals surface area contributed by atoms with Gasteiger partial charge in [-0.2, -0.15) is 0 Å². The van der Waals surface area contributed by atoms with E-state index in [1.807, 2.05) is 30.3 Å². The lowest BCUT2D eigenvalue weighted by Crippen LogP contribution is -2.18. The third-order valence-electron chi connectivity index (χ3n) is 3.63. The Morgan fingerprint density at radius 2 is 1.88 bits per heavy atom. The molecule has 0 aliphatic rings. The number of benzene rings is 2. The first kappa shape index (κ1) is 15.9. The fraction of sp³-hybridized carbons (Fsp3) is 0.111. The van der Waals surface area contributed by atoms with Crippen LogP contribution in [0.1, 0.15) is 16.8 Å². The summed E-state index contributed by atoms with van der Waals surface area (Å²) in [7, 11) is 0. The minimum Gasteiger partial charge on any atom is -0.323 e. The van der Waals surface area contributed by atoms with Gasteiger partial charge in [0.25, 0.3) is 5.56 Å². The lowest BCUT2D eigenvalue weighted by Gasteiger charge is -2.10. The second kappa shape index (κ2) is 6.62. The van der Waals surface area contributed by atoms with E-state index in [4.69, 9.17) is 0 Å². The predicted molar refractivity (Wildman–Crippen MR) is 88.5 cm³/mol. The summed E-state index contributed by atoms with van der Waals surface area (Å²) in [6.07, 6.45) is 0.448. The van der Waals surface area contributed by atoms with Gasteiger partial charge in [-0.1, -0.05) is 30.3 Å². The van der Waals surface area contributed by atoms with E-state index in [1.165, 1.54) is 0 Å². The molecule has 4 nitrogen and oxygen atoms in total. The van der Waals surface area contributed by atoms with Crippen LogP contribution in [0.4, 0.5) is 20.4 Å². The van der Waals surface area contributed by atoms with Crippen LogP contribution in [0.25, 0.3) is 0 Å². The average molecular weight is 327 g/mol. The highest BCUT2D eigenvalue weighted by molar-refractivity contribution is 5.54. The van der Waals surface area contributed by atoms with Crippen molar-refractivity contribution in [1.29, 1.82) is 0 Å². The van der Waals surface area contributed by atoms with Gasteiger partial charge in [0.2, 0.25) is 5.95 Å². The van der Waals surface area contributed by atoms with Gasteiger partial charge in [-0.05, 0) is 24.6 Å². The molecule has 6 heteroatoms. The number of aromatic nitrogens is 2. The van der Waals surface area contributed by atoms with Crippen molar-refractivity contribution in [3.63, 3.8) is 0 Å². The van der Waals surface area contributed by atoms with Crippen molar-refractivity contribution in [3.8, 4) is 0 Å². The number of nitrogens with zero attached hydrogens (tertiary/aromatic N) is 1. The molecule has 0 spiro atoms. The Labute approximate surface area is 137 Å². The molecule has 1 heterocycles. The quantitative estimate of drug-likeness (QED) is 0.768. The van der Waals surface area contributed by atoms with Crippen LogP contribution < -0.4 is 10.9 Å². The second-order valence-electron chi connectivity index (χ2n) is 5.39. The van der Waals surface area contributed by atoms with Gasteiger partial charge < -0.3 is 5.32 Å². The molecule has 0 aliphatic heterocycles. The van der Waals surface area contributed by atoms with Crippen LogP contribution in [0.5, 0.6) is 0 Å². The summed E-state index contributed by atoms with van der Waals surface area (Å²) < 4.78 is 26.9. The highest BCUT2D eigenvalue weighted by Crippen LogP contribution is 2.19. The summed E-state index contributed by atoms with van der Waals surface area (Å²) in [5, 5.41) is 2.60. The van der Waals surface area contributed by atoms with Crippen molar-refractivity contribution in [2.45, 2.75) is 13.3 Å². The van der Waals surface area contributed by atoms with Gasteiger partial charge in [0.05, 0.1) is 11.4 Å². The van der Waals surface area contributed by atoms with E-state index in [0.717, 1.165) is 23.8 Å². The molecule has 3 aromatic rings. The fourth-order valence-electron chi connectivity index (χ4n) is 2.40. The van der Waals surface area contributed by atoms with Crippen LogP contribution in [-0.2, 0) is 6.42 Å². The Kier molecular flexibility index (Phi) is 4.37. The van der Waals surface area contributed by atoms with Gasteiger partial charge in [0.15, 0.2) is 0 Å². The molecule has 0 saturated carbocycles. The molecule has 0 unspecified atom stereocenters. The molecule has 0 fully saturated rings. The maximum atomic E-state index is 13.7. The maximum Gasteiger partial charge on any atom is 0.256 e. The van der Waals surface area contributed by atoms with Crippen molar-refractivity contribution in [2.24, 2.45) is 0 Å². The van der Waals surface area contributed by atoms with Gasteiger partial charge in [-0.25, -0.2) is 13.8 Å². The number of aromatic amines is 1. The van der Waals surface area contributed by atoms with E-state index in [2.05, 4.69) is 15.3 Å². The molecule has 2 N–H and O–H groups in total. The van der Waals surface area contributed by atoms with E-state index in [1.54, 1.807) is 6.92 Å². The fourth-order valence-corrected chi connectivity index (χ4v) is 2.40. The van der Waals surface area contributed by atoms with Gasteiger partial charge in [0, 0.05) is 18.1 Å². The Morgan fingerprint density at radius 3 is 2.58 bits per heavy atom. The van der Waals surface area contributed by atoms with Crippen LogP contribution >= 0.6 is 0 Å². The van der Waals surface area contributed by atoms with E-state index < -0.39 is 11.6 Å². The number of aryl methyl sites for hydroxylation is 1. The summed E-state index contributed by atoms with van der Waals surface area (Å²) >= 11 is 0. The molecule has 2 aromatic carbocycles. The normalized spacial score (nSPS) is 10.6. The van der Waals surface area contributed by atoms with E-state index in [0.29, 0.717) is 17.7 Å². The third kappa shape index (κ3) is 3.48. The Balaban J connectivity index is 1.90. The molecule has 0 radical (unpaired) electrons. The standard InChI is InChI=1S/C18H15F2N3O/c1-11-14(9-12-5-3-2-4-6-12)17(24)23-18(21-11)22-16-10-13(19)7-8-15(16)20/h2-8,10H,9H2,1H3,(H2,21,22,23,24).